The van der Waals surface area contributed by atoms with Gasteiger partial charge in [-0.05, 0) is 18.9 Å². The maximum atomic E-state index is 10.6. The number of aromatic nitrogens is 2. The molecular formula is C10H10N4O2. The monoisotopic (exact) mass is 218 g/mol. The first-order valence-corrected chi connectivity index (χ1v) is 5.13. The van der Waals surface area contributed by atoms with Gasteiger partial charge in [0.05, 0.1) is 16.0 Å². The van der Waals surface area contributed by atoms with E-state index in [-0.39, 0.29) is 5.69 Å². The summed E-state index contributed by atoms with van der Waals surface area (Å²) in [6, 6.07) is 5.13. The summed E-state index contributed by atoms with van der Waals surface area (Å²) < 4.78 is 0. The zero-order valence-electron chi connectivity index (χ0n) is 8.43. The molecule has 0 bridgehead atoms. The number of nitro benzene ring substituents is 1. The molecule has 6 heteroatoms. The summed E-state index contributed by atoms with van der Waals surface area (Å²) in [6.45, 7) is 0. The van der Waals surface area contributed by atoms with Crippen LogP contribution in [0.15, 0.2) is 18.2 Å². The molecule has 2 N–H and O–H groups in total. The minimum atomic E-state index is -0.408. The molecule has 82 valence electrons. The van der Waals surface area contributed by atoms with Crippen molar-refractivity contribution < 1.29 is 4.92 Å². The van der Waals surface area contributed by atoms with Crippen LogP contribution in [0, 0.1) is 10.1 Å². The van der Waals surface area contributed by atoms with Crippen molar-refractivity contribution in [2.24, 2.45) is 0 Å². The summed E-state index contributed by atoms with van der Waals surface area (Å²) in [6.07, 6.45) is 2.33. The lowest BCUT2D eigenvalue weighted by Crippen LogP contribution is -2.01. The number of aromatic amines is 1. The van der Waals surface area contributed by atoms with Gasteiger partial charge >= 0.3 is 0 Å². The van der Waals surface area contributed by atoms with Crippen LogP contribution in [0.5, 0.6) is 0 Å². The number of fused-ring (bicyclic) bond motifs is 1. The highest BCUT2D eigenvalue weighted by Crippen LogP contribution is 2.25. The van der Waals surface area contributed by atoms with Gasteiger partial charge in [0.25, 0.3) is 5.69 Å². The van der Waals surface area contributed by atoms with Gasteiger partial charge in [0, 0.05) is 18.2 Å². The molecule has 1 aliphatic rings. The number of hydrogen-bond donors (Lipinski definition) is 2. The summed E-state index contributed by atoms with van der Waals surface area (Å²) in [4.78, 5) is 17.5. The Morgan fingerprint density at radius 3 is 3.00 bits per heavy atom. The Morgan fingerprint density at radius 1 is 1.50 bits per heavy atom. The van der Waals surface area contributed by atoms with Crippen LogP contribution in [-0.4, -0.2) is 20.9 Å². The minimum Gasteiger partial charge on any atom is -0.353 e. The molecule has 1 aromatic heterocycles. The molecule has 0 radical (unpaired) electrons. The van der Waals surface area contributed by atoms with E-state index in [0.717, 1.165) is 18.4 Å². The molecular weight excluding hydrogens is 208 g/mol. The van der Waals surface area contributed by atoms with E-state index in [1.165, 1.54) is 12.1 Å². The van der Waals surface area contributed by atoms with Crippen LogP contribution in [-0.2, 0) is 0 Å². The molecule has 16 heavy (non-hydrogen) atoms. The Balaban J connectivity index is 1.99. The van der Waals surface area contributed by atoms with Gasteiger partial charge in [-0.25, -0.2) is 4.98 Å². The maximum absolute atomic E-state index is 10.6. The van der Waals surface area contributed by atoms with Crippen molar-refractivity contribution >= 4 is 22.7 Å². The van der Waals surface area contributed by atoms with E-state index in [9.17, 15) is 10.1 Å². The number of hydrogen-bond acceptors (Lipinski definition) is 4. The van der Waals surface area contributed by atoms with E-state index in [0.29, 0.717) is 17.5 Å². The van der Waals surface area contributed by atoms with Gasteiger partial charge < -0.3 is 10.3 Å². The molecule has 0 unspecified atom stereocenters. The Kier molecular flexibility index (Phi) is 1.82. The van der Waals surface area contributed by atoms with E-state index in [2.05, 4.69) is 15.3 Å². The number of anilines is 1. The molecule has 1 aliphatic carbocycles. The van der Waals surface area contributed by atoms with E-state index in [1.807, 2.05) is 0 Å². The third-order valence-corrected chi connectivity index (χ3v) is 2.59. The van der Waals surface area contributed by atoms with Crippen molar-refractivity contribution in [1.82, 2.24) is 9.97 Å². The third kappa shape index (κ3) is 1.58. The quantitative estimate of drug-likeness (QED) is 0.610. The van der Waals surface area contributed by atoms with Gasteiger partial charge in [-0.3, -0.25) is 10.1 Å². The van der Waals surface area contributed by atoms with Crippen LogP contribution in [0.25, 0.3) is 11.0 Å². The number of nitrogens with one attached hydrogen (secondary N) is 2. The first kappa shape index (κ1) is 9.14. The number of nitrogens with zero attached hydrogens (tertiary/aromatic N) is 2. The van der Waals surface area contributed by atoms with Crippen LogP contribution in [0.3, 0.4) is 0 Å². The number of rotatable bonds is 3. The van der Waals surface area contributed by atoms with Crippen molar-refractivity contribution in [3.63, 3.8) is 0 Å². The topological polar surface area (TPSA) is 83.8 Å². The molecule has 1 aromatic carbocycles. The maximum Gasteiger partial charge on any atom is 0.271 e. The molecule has 0 aliphatic heterocycles. The van der Waals surface area contributed by atoms with E-state index >= 15 is 0 Å². The second-order valence-corrected chi connectivity index (χ2v) is 3.96. The molecule has 1 fully saturated rings. The molecule has 0 atom stereocenters. The van der Waals surface area contributed by atoms with Crippen LogP contribution in [0.1, 0.15) is 12.8 Å². The number of imidazole rings is 1. The van der Waals surface area contributed by atoms with Crippen molar-refractivity contribution in [2.45, 2.75) is 18.9 Å². The van der Waals surface area contributed by atoms with Gasteiger partial charge in [0.1, 0.15) is 0 Å². The Bertz CT molecular complexity index is 559. The van der Waals surface area contributed by atoms with Crippen LogP contribution >= 0.6 is 0 Å². The SMILES string of the molecule is O=[N+]([O-])c1ccc2nc(NC3CC3)[nH]c2c1. The Hall–Kier alpha value is -2.11. The first-order chi connectivity index (χ1) is 7.72. The largest absolute Gasteiger partial charge is 0.353 e. The lowest BCUT2D eigenvalue weighted by molar-refractivity contribution is -0.384. The lowest BCUT2D eigenvalue weighted by Gasteiger charge is -1.95. The average molecular weight is 218 g/mol. The molecule has 1 saturated carbocycles. The van der Waals surface area contributed by atoms with Gasteiger partial charge in [-0.1, -0.05) is 0 Å². The normalized spacial score (nSPS) is 15.2. The number of non-ortho nitro benzene ring substituents is 1. The van der Waals surface area contributed by atoms with Gasteiger partial charge in [-0.15, -0.1) is 0 Å². The summed E-state index contributed by atoms with van der Waals surface area (Å²) in [5, 5.41) is 13.8. The zero-order valence-corrected chi connectivity index (χ0v) is 8.43. The van der Waals surface area contributed by atoms with Crippen LogP contribution < -0.4 is 5.32 Å². The highest BCUT2D eigenvalue weighted by Gasteiger charge is 2.22. The van der Waals surface area contributed by atoms with Crippen molar-refractivity contribution in [1.29, 1.82) is 0 Å². The van der Waals surface area contributed by atoms with Crippen LogP contribution in [0.4, 0.5) is 11.6 Å². The molecule has 0 saturated heterocycles. The Morgan fingerprint density at radius 2 is 2.31 bits per heavy atom. The zero-order chi connectivity index (χ0) is 11.1. The molecule has 0 spiro atoms. The van der Waals surface area contributed by atoms with E-state index in [1.54, 1.807) is 6.07 Å². The fourth-order valence-corrected chi connectivity index (χ4v) is 1.60. The van der Waals surface area contributed by atoms with E-state index < -0.39 is 4.92 Å². The molecule has 2 aromatic rings. The van der Waals surface area contributed by atoms with Crippen molar-refractivity contribution in [3.05, 3.63) is 28.3 Å². The smallest absolute Gasteiger partial charge is 0.271 e. The minimum absolute atomic E-state index is 0.0779. The first-order valence-electron chi connectivity index (χ1n) is 5.13. The second-order valence-electron chi connectivity index (χ2n) is 3.96. The average Bonchev–Trinajstić information content (AvgIpc) is 2.96. The summed E-state index contributed by atoms with van der Waals surface area (Å²) in [5.41, 5.74) is 1.51. The predicted octanol–water partition coefficient (Wildman–Crippen LogP) is 2.05. The van der Waals surface area contributed by atoms with Gasteiger partial charge in [0.15, 0.2) is 0 Å². The van der Waals surface area contributed by atoms with Gasteiger partial charge in [-0.2, -0.15) is 0 Å². The highest BCUT2D eigenvalue weighted by molar-refractivity contribution is 5.79. The second kappa shape index (κ2) is 3.19. The number of benzene rings is 1. The van der Waals surface area contributed by atoms with Crippen LogP contribution in [0.2, 0.25) is 0 Å². The summed E-state index contributed by atoms with van der Waals surface area (Å²) >= 11 is 0. The standard InChI is InChI=1S/C10H10N4O2/c15-14(16)7-3-4-8-9(5-7)13-10(12-8)11-6-1-2-6/h3-6H,1-2H2,(H2,11,12,13). The third-order valence-electron chi connectivity index (χ3n) is 2.59. The molecule has 6 nitrogen and oxygen atoms in total. The summed E-state index contributed by atoms with van der Waals surface area (Å²) in [7, 11) is 0. The summed E-state index contributed by atoms with van der Waals surface area (Å²) in [5.74, 6) is 0.693. The van der Waals surface area contributed by atoms with E-state index in [4.69, 9.17) is 0 Å². The molecule has 3 rings (SSSR count). The highest BCUT2D eigenvalue weighted by atomic mass is 16.6. The number of H-pyrrole nitrogens is 1. The predicted molar refractivity (Wildman–Crippen MR) is 59.4 cm³/mol. The molecule has 0 amide bonds. The Labute approximate surface area is 90.8 Å². The fourth-order valence-electron chi connectivity index (χ4n) is 1.60. The van der Waals surface area contributed by atoms with Crippen molar-refractivity contribution in [2.75, 3.05) is 5.32 Å². The fraction of sp³-hybridized carbons (Fsp3) is 0.300. The molecule has 1 heterocycles. The number of nitro groups is 1. The lowest BCUT2D eigenvalue weighted by atomic mass is 10.3. The van der Waals surface area contributed by atoms with Crippen molar-refractivity contribution in [3.8, 4) is 0 Å². The van der Waals surface area contributed by atoms with Gasteiger partial charge in [0.2, 0.25) is 5.95 Å².